The molecule has 0 atom stereocenters. The average molecular weight is 402 g/mol. The number of ether oxygens (including phenoxy) is 2. The number of anilines is 1. The Kier molecular flexibility index (Phi) is 6.43. The zero-order chi connectivity index (χ0) is 20.0. The summed E-state index contributed by atoms with van der Waals surface area (Å²) in [6.45, 7) is 1.64. The van der Waals surface area contributed by atoms with Crippen LogP contribution in [0.3, 0.4) is 0 Å². The van der Waals surface area contributed by atoms with E-state index in [1.54, 1.807) is 23.5 Å². The number of hydrogen-bond acceptors (Lipinski definition) is 6. The Balaban J connectivity index is 1.59. The van der Waals surface area contributed by atoms with Crippen molar-refractivity contribution in [3.63, 3.8) is 0 Å². The van der Waals surface area contributed by atoms with Crippen molar-refractivity contribution in [2.45, 2.75) is 18.3 Å². The Morgan fingerprint density at radius 3 is 2.43 bits per heavy atom. The predicted molar refractivity (Wildman–Crippen MR) is 105 cm³/mol. The molecule has 0 saturated carbocycles. The highest BCUT2D eigenvalue weighted by Gasteiger charge is 2.36. The van der Waals surface area contributed by atoms with Crippen LogP contribution in [-0.2, 0) is 24.5 Å². The monoisotopic (exact) mass is 402 g/mol. The molecule has 1 aromatic carbocycles. The molecule has 1 fully saturated rings. The van der Waals surface area contributed by atoms with Crippen molar-refractivity contribution in [1.29, 1.82) is 0 Å². The van der Waals surface area contributed by atoms with Gasteiger partial charge in [-0.2, -0.15) is 0 Å². The third-order valence-electron chi connectivity index (χ3n) is 4.85. The summed E-state index contributed by atoms with van der Waals surface area (Å²) in [4.78, 5) is 37.1. The van der Waals surface area contributed by atoms with Gasteiger partial charge in [0.1, 0.15) is 0 Å². The van der Waals surface area contributed by atoms with Crippen LogP contribution in [-0.4, -0.2) is 44.7 Å². The molecule has 2 N–H and O–H groups in total. The fraction of sp³-hybridized carbons (Fsp3) is 0.350. The van der Waals surface area contributed by atoms with Crippen molar-refractivity contribution in [3.05, 3.63) is 52.2 Å². The zero-order valence-corrected chi connectivity index (χ0v) is 16.3. The van der Waals surface area contributed by atoms with Gasteiger partial charge in [0.05, 0.1) is 12.7 Å². The molecule has 1 aliphatic heterocycles. The van der Waals surface area contributed by atoms with Crippen LogP contribution in [0.2, 0.25) is 0 Å². The van der Waals surface area contributed by atoms with Gasteiger partial charge < -0.3 is 20.1 Å². The molecule has 148 valence electrons. The first-order valence-electron chi connectivity index (χ1n) is 8.93. The SMILES string of the molecule is COC(=O)c1ccc(NC(=O)C(=O)NCC2(c3cccs3)CCOCC2)cc1. The van der Waals surface area contributed by atoms with Crippen molar-refractivity contribution in [3.8, 4) is 0 Å². The minimum Gasteiger partial charge on any atom is -0.465 e. The van der Waals surface area contributed by atoms with Crippen LogP contribution in [0.1, 0.15) is 28.1 Å². The fourth-order valence-electron chi connectivity index (χ4n) is 3.18. The second-order valence-electron chi connectivity index (χ2n) is 6.58. The molecule has 1 saturated heterocycles. The number of thiophene rings is 1. The first kappa shape index (κ1) is 20.0. The summed E-state index contributed by atoms with van der Waals surface area (Å²) < 4.78 is 10.1. The molecule has 2 heterocycles. The summed E-state index contributed by atoms with van der Waals surface area (Å²) in [6.07, 6.45) is 1.59. The Bertz CT molecular complexity index is 827. The second kappa shape index (κ2) is 8.99. The first-order valence-corrected chi connectivity index (χ1v) is 9.81. The summed E-state index contributed by atoms with van der Waals surface area (Å²) in [5.74, 6) is -1.91. The van der Waals surface area contributed by atoms with Gasteiger partial charge in [0.2, 0.25) is 0 Å². The number of carbonyl (C=O) groups is 3. The smallest absolute Gasteiger partial charge is 0.337 e. The number of hydrogen-bond donors (Lipinski definition) is 2. The Morgan fingerprint density at radius 1 is 1.11 bits per heavy atom. The highest BCUT2D eigenvalue weighted by atomic mass is 32.1. The molecule has 0 radical (unpaired) electrons. The molecule has 7 nitrogen and oxygen atoms in total. The molecule has 0 spiro atoms. The molecule has 1 aliphatic rings. The number of rotatable bonds is 5. The second-order valence-corrected chi connectivity index (χ2v) is 7.52. The van der Waals surface area contributed by atoms with Crippen LogP contribution >= 0.6 is 11.3 Å². The molecular weight excluding hydrogens is 380 g/mol. The molecule has 28 heavy (non-hydrogen) atoms. The van der Waals surface area contributed by atoms with Crippen molar-refractivity contribution in [1.82, 2.24) is 5.32 Å². The summed E-state index contributed by atoms with van der Waals surface area (Å²) in [6, 6.07) is 10.2. The van der Waals surface area contributed by atoms with Gasteiger partial charge in [-0.3, -0.25) is 9.59 Å². The lowest BCUT2D eigenvalue weighted by Gasteiger charge is -2.36. The van der Waals surface area contributed by atoms with Crippen LogP contribution in [0.4, 0.5) is 5.69 Å². The number of amides is 2. The van der Waals surface area contributed by atoms with Gasteiger partial charge in [-0.15, -0.1) is 11.3 Å². The van der Waals surface area contributed by atoms with Crippen molar-refractivity contribution < 1.29 is 23.9 Å². The van der Waals surface area contributed by atoms with Crippen molar-refractivity contribution in [2.75, 3.05) is 32.2 Å². The highest BCUT2D eigenvalue weighted by Crippen LogP contribution is 2.36. The van der Waals surface area contributed by atoms with Crippen LogP contribution in [0.5, 0.6) is 0 Å². The van der Waals surface area contributed by atoms with E-state index in [9.17, 15) is 14.4 Å². The number of esters is 1. The van der Waals surface area contributed by atoms with E-state index in [1.807, 2.05) is 11.4 Å². The zero-order valence-electron chi connectivity index (χ0n) is 15.5. The summed E-state index contributed by atoms with van der Waals surface area (Å²) in [5.41, 5.74) is 0.582. The van der Waals surface area contributed by atoms with E-state index >= 15 is 0 Å². The Hall–Kier alpha value is -2.71. The van der Waals surface area contributed by atoms with E-state index in [-0.39, 0.29) is 5.41 Å². The van der Waals surface area contributed by atoms with E-state index in [2.05, 4.69) is 21.4 Å². The summed E-state index contributed by atoms with van der Waals surface area (Å²) in [7, 11) is 1.30. The standard InChI is InChI=1S/C20H22N2O5S/c1-26-19(25)14-4-6-15(7-5-14)22-18(24)17(23)21-13-20(8-10-27-11-9-20)16-3-2-12-28-16/h2-7,12H,8-11,13H2,1H3,(H,21,23)(H,22,24). The van der Waals surface area contributed by atoms with Gasteiger partial charge in [-0.1, -0.05) is 6.07 Å². The maximum absolute atomic E-state index is 12.3. The lowest BCUT2D eigenvalue weighted by Crippen LogP contribution is -2.46. The molecule has 2 amide bonds. The third kappa shape index (κ3) is 4.58. The highest BCUT2D eigenvalue weighted by molar-refractivity contribution is 7.10. The van der Waals surface area contributed by atoms with Gasteiger partial charge in [0.25, 0.3) is 0 Å². The molecule has 0 bridgehead atoms. The maximum atomic E-state index is 12.3. The molecule has 1 aromatic heterocycles. The van der Waals surface area contributed by atoms with E-state index in [0.717, 1.165) is 12.8 Å². The molecule has 0 unspecified atom stereocenters. The van der Waals surface area contributed by atoms with Gasteiger partial charge >= 0.3 is 17.8 Å². The minimum absolute atomic E-state index is 0.204. The quantitative estimate of drug-likeness (QED) is 0.591. The topological polar surface area (TPSA) is 93.7 Å². The molecule has 2 aromatic rings. The van der Waals surface area contributed by atoms with Crippen LogP contribution < -0.4 is 10.6 Å². The van der Waals surface area contributed by atoms with E-state index in [4.69, 9.17) is 4.74 Å². The molecule has 3 rings (SSSR count). The number of nitrogens with one attached hydrogen (secondary N) is 2. The maximum Gasteiger partial charge on any atom is 0.337 e. The van der Waals surface area contributed by atoms with Gasteiger partial charge in [-0.05, 0) is 48.6 Å². The van der Waals surface area contributed by atoms with Crippen molar-refractivity contribution >= 4 is 34.8 Å². The first-order chi connectivity index (χ1) is 13.5. The van der Waals surface area contributed by atoms with Crippen LogP contribution in [0, 0.1) is 0 Å². The lowest BCUT2D eigenvalue weighted by atomic mass is 9.78. The number of benzene rings is 1. The summed E-state index contributed by atoms with van der Waals surface area (Å²) in [5, 5.41) is 7.31. The average Bonchev–Trinajstić information content (AvgIpc) is 3.28. The van der Waals surface area contributed by atoms with Crippen LogP contribution in [0.15, 0.2) is 41.8 Å². The van der Waals surface area contributed by atoms with Gasteiger partial charge in [-0.25, -0.2) is 4.79 Å². The number of methoxy groups -OCH3 is 1. The third-order valence-corrected chi connectivity index (χ3v) is 5.97. The Morgan fingerprint density at radius 2 is 1.82 bits per heavy atom. The number of carbonyl (C=O) groups excluding carboxylic acids is 3. The molecular formula is C20H22N2O5S. The van der Waals surface area contributed by atoms with Gasteiger partial charge in [0.15, 0.2) is 0 Å². The molecule has 8 heteroatoms. The summed E-state index contributed by atoms with van der Waals surface area (Å²) >= 11 is 1.65. The van der Waals surface area contributed by atoms with Crippen LogP contribution in [0.25, 0.3) is 0 Å². The fourth-order valence-corrected chi connectivity index (χ4v) is 4.17. The normalized spacial score (nSPS) is 15.5. The van der Waals surface area contributed by atoms with Crippen molar-refractivity contribution in [2.24, 2.45) is 0 Å². The largest absolute Gasteiger partial charge is 0.465 e. The van der Waals surface area contributed by atoms with E-state index in [1.165, 1.54) is 24.1 Å². The minimum atomic E-state index is -0.751. The Labute approximate surface area is 167 Å². The predicted octanol–water partition coefficient (Wildman–Crippen LogP) is 2.34. The lowest BCUT2D eigenvalue weighted by molar-refractivity contribution is -0.136. The van der Waals surface area contributed by atoms with Gasteiger partial charge in [0, 0.05) is 35.7 Å². The molecule has 0 aliphatic carbocycles. The van der Waals surface area contributed by atoms with E-state index in [0.29, 0.717) is 31.0 Å². The van der Waals surface area contributed by atoms with E-state index < -0.39 is 17.8 Å².